The number of amides is 2. The molecule has 1 aliphatic heterocycles. The highest BCUT2D eigenvalue weighted by atomic mass is 32.2. The average molecular weight is 496 g/mol. The van der Waals surface area contributed by atoms with Crippen LogP contribution in [0.5, 0.6) is 0 Å². The van der Waals surface area contributed by atoms with Gasteiger partial charge in [-0.05, 0) is 70.0 Å². The standard InChI is InChI=1S/C23H27F2N3O5S/c1-23(2,3)33-22(30)27-18-10-8-16(24)14-19(18)26-21(29)15-7-9-17(25)20(13-15)34(31,32)28-11-5-4-6-12-28/h7-10,13-14H,4-6,11-12H2,1-3H3,(H,26,29)(H,27,30). The Labute approximate surface area is 197 Å². The predicted molar refractivity (Wildman–Crippen MR) is 123 cm³/mol. The molecule has 0 aliphatic carbocycles. The highest BCUT2D eigenvalue weighted by Crippen LogP contribution is 2.27. The number of ether oxygens (including phenoxy) is 1. The Kier molecular flexibility index (Phi) is 7.57. The Bertz CT molecular complexity index is 1190. The summed E-state index contributed by atoms with van der Waals surface area (Å²) in [7, 11) is -4.12. The molecule has 0 saturated carbocycles. The van der Waals surface area contributed by atoms with Crippen LogP contribution in [-0.4, -0.2) is 43.4 Å². The van der Waals surface area contributed by atoms with Crippen LogP contribution in [0.1, 0.15) is 50.4 Å². The van der Waals surface area contributed by atoms with Gasteiger partial charge in [-0.1, -0.05) is 6.42 Å². The number of nitrogens with zero attached hydrogens (tertiary/aromatic N) is 1. The second-order valence-electron chi connectivity index (χ2n) is 8.88. The molecule has 8 nitrogen and oxygen atoms in total. The third-order valence-electron chi connectivity index (χ3n) is 4.99. The summed E-state index contributed by atoms with van der Waals surface area (Å²) in [5.74, 6) is -2.47. The molecule has 2 N–H and O–H groups in total. The Morgan fingerprint density at radius 1 is 0.941 bits per heavy atom. The second-order valence-corrected chi connectivity index (χ2v) is 10.8. The fourth-order valence-corrected chi connectivity index (χ4v) is 5.03. The van der Waals surface area contributed by atoms with Crippen LogP contribution in [0.2, 0.25) is 0 Å². The van der Waals surface area contributed by atoms with Crippen molar-refractivity contribution in [1.29, 1.82) is 0 Å². The zero-order valence-corrected chi connectivity index (χ0v) is 20.0. The fraction of sp³-hybridized carbons (Fsp3) is 0.391. The maximum atomic E-state index is 14.5. The molecule has 2 aromatic rings. The molecule has 3 rings (SSSR count). The molecule has 34 heavy (non-hydrogen) atoms. The number of rotatable bonds is 5. The van der Waals surface area contributed by atoms with E-state index < -0.39 is 44.2 Å². The minimum absolute atomic E-state index is 0.0623. The fourth-order valence-electron chi connectivity index (χ4n) is 3.42. The minimum atomic E-state index is -4.12. The molecular weight excluding hydrogens is 468 g/mol. The van der Waals surface area contributed by atoms with Gasteiger partial charge in [-0.2, -0.15) is 4.31 Å². The van der Waals surface area contributed by atoms with Gasteiger partial charge >= 0.3 is 6.09 Å². The number of benzene rings is 2. The highest BCUT2D eigenvalue weighted by molar-refractivity contribution is 7.89. The lowest BCUT2D eigenvalue weighted by Gasteiger charge is -2.26. The van der Waals surface area contributed by atoms with Gasteiger partial charge in [0.2, 0.25) is 10.0 Å². The van der Waals surface area contributed by atoms with Gasteiger partial charge in [0.1, 0.15) is 22.1 Å². The summed E-state index contributed by atoms with van der Waals surface area (Å²) in [6.07, 6.45) is 1.43. The summed E-state index contributed by atoms with van der Waals surface area (Å²) in [6.45, 7) is 5.57. The van der Waals surface area contributed by atoms with Gasteiger partial charge in [-0.15, -0.1) is 0 Å². The van der Waals surface area contributed by atoms with Crippen LogP contribution in [0, 0.1) is 11.6 Å². The molecule has 1 fully saturated rings. The van der Waals surface area contributed by atoms with Crippen LogP contribution < -0.4 is 10.6 Å². The number of hydrogen-bond acceptors (Lipinski definition) is 5. The van der Waals surface area contributed by atoms with Crippen molar-refractivity contribution >= 4 is 33.4 Å². The lowest BCUT2D eigenvalue weighted by molar-refractivity contribution is 0.0635. The van der Waals surface area contributed by atoms with E-state index in [0.29, 0.717) is 12.8 Å². The van der Waals surface area contributed by atoms with Crippen LogP contribution in [0.3, 0.4) is 0 Å². The first kappa shape index (κ1) is 25.6. The number of sulfonamides is 1. The molecule has 0 unspecified atom stereocenters. The average Bonchev–Trinajstić information content (AvgIpc) is 2.75. The normalized spacial score (nSPS) is 15.0. The van der Waals surface area contributed by atoms with Gasteiger partial charge in [-0.3, -0.25) is 10.1 Å². The van der Waals surface area contributed by atoms with Crippen LogP contribution in [-0.2, 0) is 14.8 Å². The van der Waals surface area contributed by atoms with Gasteiger partial charge in [-0.25, -0.2) is 22.0 Å². The number of halogens is 2. The zero-order chi connectivity index (χ0) is 25.1. The molecule has 1 saturated heterocycles. The molecule has 0 bridgehead atoms. The topological polar surface area (TPSA) is 105 Å². The van der Waals surface area contributed by atoms with Crippen LogP contribution >= 0.6 is 0 Å². The number of carbonyl (C=O) groups is 2. The lowest BCUT2D eigenvalue weighted by Crippen LogP contribution is -2.36. The van der Waals surface area contributed by atoms with Gasteiger partial charge in [0, 0.05) is 18.7 Å². The van der Waals surface area contributed by atoms with E-state index in [9.17, 15) is 26.8 Å². The van der Waals surface area contributed by atoms with Crippen molar-refractivity contribution in [3.63, 3.8) is 0 Å². The first-order chi connectivity index (χ1) is 15.9. The summed E-state index contributed by atoms with van der Waals surface area (Å²) in [6, 6.07) is 6.29. The molecule has 1 heterocycles. The summed E-state index contributed by atoms with van der Waals surface area (Å²) in [5, 5.41) is 4.87. The van der Waals surface area contributed by atoms with Crippen LogP contribution in [0.4, 0.5) is 25.0 Å². The largest absolute Gasteiger partial charge is 0.444 e. The second kappa shape index (κ2) is 10.1. The number of piperidine rings is 1. The Morgan fingerprint density at radius 3 is 2.26 bits per heavy atom. The number of anilines is 2. The van der Waals surface area contributed by atoms with E-state index in [0.717, 1.165) is 36.8 Å². The summed E-state index contributed by atoms with van der Waals surface area (Å²) in [4.78, 5) is 24.4. The quantitative estimate of drug-likeness (QED) is 0.624. The van der Waals surface area contributed by atoms with Crippen molar-refractivity contribution in [2.75, 3.05) is 23.7 Å². The Hall–Kier alpha value is -3.05. The molecule has 0 spiro atoms. The zero-order valence-electron chi connectivity index (χ0n) is 19.2. The Balaban J connectivity index is 1.86. The summed E-state index contributed by atoms with van der Waals surface area (Å²) < 4.78 is 60.5. The van der Waals surface area contributed by atoms with Crippen LogP contribution in [0.15, 0.2) is 41.3 Å². The molecule has 11 heteroatoms. The van der Waals surface area contributed by atoms with Gasteiger partial charge in [0.15, 0.2) is 0 Å². The number of nitrogens with one attached hydrogen (secondary N) is 2. The van der Waals surface area contributed by atoms with E-state index >= 15 is 0 Å². The van der Waals surface area contributed by atoms with Crippen molar-refractivity contribution in [3.05, 3.63) is 53.6 Å². The first-order valence-corrected chi connectivity index (χ1v) is 12.2. The monoisotopic (exact) mass is 495 g/mol. The maximum absolute atomic E-state index is 14.5. The molecular formula is C23H27F2N3O5S. The summed E-state index contributed by atoms with van der Waals surface area (Å²) in [5.41, 5.74) is -0.949. The summed E-state index contributed by atoms with van der Waals surface area (Å²) >= 11 is 0. The van der Waals surface area contributed by atoms with Gasteiger partial charge in [0.25, 0.3) is 5.91 Å². The molecule has 2 amide bonds. The van der Waals surface area contributed by atoms with Crippen molar-refractivity contribution in [2.45, 2.75) is 50.5 Å². The Morgan fingerprint density at radius 2 is 1.62 bits per heavy atom. The molecule has 0 atom stereocenters. The van der Waals surface area contributed by atoms with Gasteiger partial charge in [0.05, 0.1) is 11.4 Å². The van der Waals surface area contributed by atoms with E-state index in [4.69, 9.17) is 4.74 Å². The molecule has 184 valence electrons. The van der Waals surface area contributed by atoms with Crippen molar-refractivity contribution in [2.24, 2.45) is 0 Å². The number of hydrogen-bond donors (Lipinski definition) is 2. The molecule has 1 aliphatic rings. The molecule has 2 aromatic carbocycles. The van der Waals surface area contributed by atoms with Crippen LogP contribution in [0.25, 0.3) is 0 Å². The van der Waals surface area contributed by atoms with Crippen molar-refractivity contribution in [1.82, 2.24) is 4.31 Å². The van der Waals surface area contributed by atoms with Crippen molar-refractivity contribution < 1.29 is 31.5 Å². The third kappa shape index (κ3) is 6.29. The van der Waals surface area contributed by atoms with Crippen molar-refractivity contribution in [3.8, 4) is 0 Å². The SMILES string of the molecule is CC(C)(C)OC(=O)Nc1ccc(F)cc1NC(=O)c1ccc(F)c(S(=O)(=O)N2CCCCC2)c1. The predicted octanol–water partition coefficient (Wildman–Crippen LogP) is 4.74. The molecule has 0 radical (unpaired) electrons. The third-order valence-corrected chi connectivity index (χ3v) is 6.91. The number of carbonyl (C=O) groups excluding carboxylic acids is 2. The van der Waals surface area contributed by atoms with E-state index in [2.05, 4.69) is 10.6 Å². The molecule has 0 aromatic heterocycles. The highest BCUT2D eigenvalue weighted by Gasteiger charge is 2.29. The van der Waals surface area contributed by atoms with E-state index in [-0.39, 0.29) is 30.0 Å². The van der Waals surface area contributed by atoms with E-state index in [1.807, 2.05) is 0 Å². The first-order valence-electron chi connectivity index (χ1n) is 10.8. The minimum Gasteiger partial charge on any atom is -0.444 e. The van der Waals surface area contributed by atoms with E-state index in [1.54, 1.807) is 20.8 Å². The smallest absolute Gasteiger partial charge is 0.412 e. The maximum Gasteiger partial charge on any atom is 0.412 e. The van der Waals surface area contributed by atoms with Gasteiger partial charge < -0.3 is 10.1 Å². The lowest BCUT2D eigenvalue weighted by atomic mass is 10.2. The van der Waals surface area contributed by atoms with E-state index in [1.165, 1.54) is 10.4 Å².